The van der Waals surface area contributed by atoms with Crippen molar-refractivity contribution in [2.75, 3.05) is 13.1 Å². The Hall–Kier alpha value is -1.23. The standard InChI is InChI=1S/C17H22N2OS/c1-12-4-6-15(7-5-12)17-18-16(11-21-17)10-19-8-13(2)20-14(3)9-19/h4-7,11,13-14H,8-10H2,1-3H3/t13-,14-/m0/s1. The van der Waals surface area contributed by atoms with E-state index in [1.165, 1.54) is 11.1 Å². The van der Waals surface area contributed by atoms with Gasteiger partial charge >= 0.3 is 0 Å². The van der Waals surface area contributed by atoms with Crippen molar-refractivity contribution in [3.63, 3.8) is 0 Å². The van der Waals surface area contributed by atoms with Gasteiger partial charge in [-0.2, -0.15) is 0 Å². The van der Waals surface area contributed by atoms with Crippen molar-refractivity contribution in [1.82, 2.24) is 9.88 Å². The highest BCUT2D eigenvalue weighted by Crippen LogP contribution is 2.25. The van der Waals surface area contributed by atoms with Gasteiger partial charge in [0.2, 0.25) is 0 Å². The summed E-state index contributed by atoms with van der Waals surface area (Å²) in [5.74, 6) is 0. The third-order valence-corrected chi connectivity index (χ3v) is 4.67. The molecule has 1 aromatic carbocycles. The molecule has 0 saturated carbocycles. The van der Waals surface area contributed by atoms with Crippen LogP contribution in [0, 0.1) is 6.92 Å². The summed E-state index contributed by atoms with van der Waals surface area (Å²) in [5, 5.41) is 3.29. The van der Waals surface area contributed by atoms with Crippen LogP contribution in [0.2, 0.25) is 0 Å². The van der Waals surface area contributed by atoms with Crippen LogP contribution in [0.3, 0.4) is 0 Å². The lowest BCUT2D eigenvalue weighted by molar-refractivity contribution is -0.0707. The van der Waals surface area contributed by atoms with E-state index in [0.29, 0.717) is 12.2 Å². The van der Waals surface area contributed by atoms with E-state index in [1.54, 1.807) is 11.3 Å². The number of aryl methyl sites for hydroxylation is 1. The van der Waals surface area contributed by atoms with Crippen LogP contribution in [0.25, 0.3) is 10.6 Å². The van der Waals surface area contributed by atoms with Crippen LogP contribution < -0.4 is 0 Å². The van der Waals surface area contributed by atoms with E-state index in [2.05, 4.69) is 55.3 Å². The van der Waals surface area contributed by atoms with Crippen molar-refractivity contribution < 1.29 is 4.74 Å². The zero-order valence-corrected chi connectivity index (χ0v) is 13.7. The maximum Gasteiger partial charge on any atom is 0.123 e. The molecule has 0 unspecified atom stereocenters. The maximum absolute atomic E-state index is 5.78. The molecule has 3 rings (SSSR count). The van der Waals surface area contributed by atoms with Gasteiger partial charge in [-0.3, -0.25) is 4.90 Å². The van der Waals surface area contributed by atoms with E-state index < -0.39 is 0 Å². The van der Waals surface area contributed by atoms with E-state index in [0.717, 1.165) is 30.3 Å². The smallest absolute Gasteiger partial charge is 0.123 e. The second-order valence-electron chi connectivity index (χ2n) is 5.96. The summed E-state index contributed by atoms with van der Waals surface area (Å²) >= 11 is 1.73. The van der Waals surface area contributed by atoms with Gasteiger partial charge in [0.05, 0.1) is 17.9 Å². The summed E-state index contributed by atoms with van der Waals surface area (Å²) in [4.78, 5) is 7.23. The second kappa shape index (κ2) is 6.26. The SMILES string of the molecule is Cc1ccc(-c2nc(CN3C[C@H](C)O[C@@H](C)C3)cs2)cc1. The van der Waals surface area contributed by atoms with E-state index in [9.17, 15) is 0 Å². The van der Waals surface area contributed by atoms with Crippen LogP contribution in [0.5, 0.6) is 0 Å². The number of hydrogen-bond donors (Lipinski definition) is 0. The number of thiazole rings is 1. The van der Waals surface area contributed by atoms with E-state index in [-0.39, 0.29) is 0 Å². The summed E-state index contributed by atoms with van der Waals surface area (Å²) in [6, 6.07) is 8.58. The van der Waals surface area contributed by atoms with Crippen LogP contribution in [-0.4, -0.2) is 35.2 Å². The molecular weight excluding hydrogens is 280 g/mol. The molecule has 0 N–H and O–H groups in total. The summed E-state index contributed by atoms with van der Waals surface area (Å²) < 4.78 is 5.78. The first-order valence-corrected chi connectivity index (χ1v) is 8.37. The zero-order valence-electron chi connectivity index (χ0n) is 12.9. The second-order valence-corrected chi connectivity index (χ2v) is 6.82. The van der Waals surface area contributed by atoms with Gasteiger partial charge in [0.15, 0.2) is 0 Å². The molecule has 0 spiro atoms. The number of ether oxygens (including phenoxy) is 1. The third-order valence-electron chi connectivity index (χ3n) is 3.73. The molecule has 4 heteroatoms. The first-order chi connectivity index (χ1) is 10.1. The lowest BCUT2D eigenvalue weighted by Gasteiger charge is -2.34. The van der Waals surface area contributed by atoms with Gasteiger partial charge in [-0.15, -0.1) is 11.3 Å². The minimum Gasteiger partial charge on any atom is -0.373 e. The number of benzene rings is 1. The van der Waals surface area contributed by atoms with Crippen molar-refractivity contribution in [2.24, 2.45) is 0 Å². The molecule has 21 heavy (non-hydrogen) atoms. The van der Waals surface area contributed by atoms with Gasteiger partial charge in [-0.25, -0.2) is 4.98 Å². The number of rotatable bonds is 3. The highest BCUT2D eigenvalue weighted by Gasteiger charge is 2.22. The summed E-state index contributed by atoms with van der Waals surface area (Å²) in [7, 11) is 0. The van der Waals surface area contributed by atoms with Crippen molar-refractivity contribution in [3.05, 3.63) is 40.9 Å². The molecule has 2 heterocycles. The van der Waals surface area contributed by atoms with Crippen molar-refractivity contribution in [3.8, 4) is 10.6 Å². The summed E-state index contributed by atoms with van der Waals surface area (Å²) in [6.07, 6.45) is 0.618. The molecule has 1 aliphatic rings. The van der Waals surface area contributed by atoms with Gasteiger partial charge in [0.25, 0.3) is 0 Å². The number of aromatic nitrogens is 1. The summed E-state index contributed by atoms with van der Waals surface area (Å²) in [6.45, 7) is 9.28. The van der Waals surface area contributed by atoms with Crippen molar-refractivity contribution >= 4 is 11.3 Å². The lowest BCUT2D eigenvalue weighted by Crippen LogP contribution is -2.44. The average Bonchev–Trinajstić information content (AvgIpc) is 2.87. The predicted octanol–water partition coefficient (Wildman–Crippen LogP) is 3.73. The zero-order chi connectivity index (χ0) is 14.8. The average molecular weight is 302 g/mol. The largest absolute Gasteiger partial charge is 0.373 e. The van der Waals surface area contributed by atoms with Gasteiger partial charge in [0.1, 0.15) is 5.01 Å². The van der Waals surface area contributed by atoms with Gasteiger partial charge < -0.3 is 4.74 Å². The Morgan fingerprint density at radius 2 is 1.86 bits per heavy atom. The molecule has 2 atom stereocenters. The van der Waals surface area contributed by atoms with Gasteiger partial charge in [0, 0.05) is 30.6 Å². The molecular formula is C17H22N2OS. The Morgan fingerprint density at radius 3 is 2.52 bits per heavy atom. The molecule has 1 saturated heterocycles. The van der Waals surface area contributed by atoms with E-state index >= 15 is 0 Å². The molecule has 0 amide bonds. The first kappa shape index (κ1) is 14.7. The summed E-state index contributed by atoms with van der Waals surface area (Å²) in [5.41, 5.74) is 3.66. The van der Waals surface area contributed by atoms with Crippen LogP contribution in [0.15, 0.2) is 29.6 Å². The minimum atomic E-state index is 0.309. The Morgan fingerprint density at radius 1 is 1.19 bits per heavy atom. The molecule has 3 nitrogen and oxygen atoms in total. The van der Waals surface area contributed by atoms with Crippen molar-refractivity contribution in [2.45, 2.75) is 39.5 Å². The fourth-order valence-corrected chi connectivity index (χ4v) is 3.67. The Kier molecular flexibility index (Phi) is 4.38. The minimum absolute atomic E-state index is 0.309. The fraction of sp³-hybridized carbons (Fsp3) is 0.471. The molecule has 0 bridgehead atoms. The van der Waals surface area contributed by atoms with Gasteiger partial charge in [-0.05, 0) is 20.8 Å². The van der Waals surface area contributed by atoms with E-state index in [4.69, 9.17) is 9.72 Å². The van der Waals surface area contributed by atoms with Crippen molar-refractivity contribution in [1.29, 1.82) is 0 Å². The fourth-order valence-electron chi connectivity index (χ4n) is 2.85. The number of hydrogen-bond acceptors (Lipinski definition) is 4. The maximum atomic E-state index is 5.78. The molecule has 2 aromatic rings. The highest BCUT2D eigenvalue weighted by molar-refractivity contribution is 7.13. The lowest BCUT2D eigenvalue weighted by atomic mass is 10.2. The van der Waals surface area contributed by atoms with Crippen LogP contribution in [0.1, 0.15) is 25.1 Å². The van der Waals surface area contributed by atoms with E-state index in [1.807, 2.05) is 0 Å². The molecule has 1 aromatic heterocycles. The monoisotopic (exact) mass is 302 g/mol. The molecule has 0 aliphatic carbocycles. The third kappa shape index (κ3) is 3.70. The molecule has 1 aliphatic heterocycles. The first-order valence-electron chi connectivity index (χ1n) is 7.49. The van der Waals surface area contributed by atoms with Crippen LogP contribution in [0.4, 0.5) is 0 Å². The van der Waals surface area contributed by atoms with Crippen LogP contribution in [-0.2, 0) is 11.3 Å². The van der Waals surface area contributed by atoms with Gasteiger partial charge in [-0.1, -0.05) is 29.8 Å². The Labute approximate surface area is 130 Å². The quantitative estimate of drug-likeness (QED) is 0.864. The molecule has 112 valence electrons. The highest BCUT2D eigenvalue weighted by atomic mass is 32.1. The number of nitrogens with zero attached hydrogens (tertiary/aromatic N) is 2. The Bertz CT molecular complexity index is 583. The predicted molar refractivity (Wildman–Crippen MR) is 87.6 cm³/mol. The normalized spacial score (nSPS) is 23.4. The topological polar surface area (TPSA) is 25.4 Å². The molecule has 1 fully saturated rings. The number of morpholine rings is 1. The Balaban J connectivity index is 1.69. The molecule has 0 radical (unpaired) electrons. The van der Waals surface area contributed by atoms with Crippen LogP contribution >= 0.6 is 11.3 Å².